The third-order valence-corrected chi connectivity index (χ3v) is 5.27. The second-order valence-electron chi connectivity index (χ2n) is 6.62. The Morgan fingerprint density at radius 2 is 1.86 bits per heavy atom. The van der Waals surface area contributed by atoms with Crippen molar-refractivity contribution >= 4 is 43.9 Å². The number of benzene rings is 2. The zero-order chi connectivity index (χ0) is 20.5. The van der Waals surface area contributed by atoms with E-state index in [9.17, 15) is 14.4 Å². The quantitative estimate of drug-likeness (QED) is 0.339. The molecule has 29 heavy (non-hydrogen) atoms. The second-order valence-corrected chi connectivity index (χ2v) is 7.54. The molecule has 0 spiro atoms. The van der Waals surface area contributed by atoms with Gasteiger partial charge in [-0.1, -0.05) is 28.1 Å². The number of rotatable bonds is 5. The van der Waals surface area contributed by atoms with Gasteiger partial charge in [-0.25, -0.2) is 9.59 Å². The molecule has 0 bridgehead atoms. The van der Waals surface area contributed by atoms with E-state index in [0.29, 0.717) is 16.5 Å². The Balaban J connectivity index is 1.48. The van der Waals surface area contributed by atoms with Gasteiger partial charge in [-0.2, -0.15) is 0 Å². The number of imidazole rings is 1. The highest BCUT2D eigenvalue weighted by Gasteiger charge is 2.13. The summed E-state index contributed by atoms with van der Waals surface area (Å²) in [6.07, 6.45) is 0.0405. The summed E-state index contributed by atoms with van der Waals surface area (Å²) in [6.45, 7) is 0.163. The molecule has 0 amide bonds. The summed E-state index contributed by atoms with van der Waals surface area (Å²) in [6, 6.07) is 14.0. The summed E-state index contributed by atoms with van der Waals surface area (Å²) < 4.78 is 14.4. The predicted octanol–water partition coefficient (Wildman–Crippen LogP) is 3.34. The molecule has 0 atom stereocenters. The van der Waals surface area contributed by atoms with Gasteiger partial charge in [0.25, 0.3) is 0 Å². The number of halogens is 1. The van der Waals surface area contributed by atoms with Crippen molar-refractivity contribution in [2.75, 3.05) is 0 Å². The van der Waals surface area contributed by atoms with Crippen molar-refractivity contribution in [3.63, 3.8) is 0 Å². The van der Waals surface area contributed by atoms with Crippen molar-refractivity contribution in [3.05, 3.63) is 79.5 Å². The van der Waals surface area contributed by atoms with Gasteiger partial charge < -0.3 is 9.15 Å². The van der Waals surface area contributed by atoms with E-state index in [0.717, 1.165) is 15.5 Å². The molecular formula is C21H17BrN2O5. The third-order valence-electron chi connectivity index (χ3n) is 4.77. The Labute approximate surface area is 173 Å². The minimum Gasteiger partial charge on any atom is -0.461 e. The Morgan fingerprint density at radius 1 is 1.10 bits per heavy atom. The molecule has 0 unspecified atom stereocenters. The lowest BCUT2D eigenvalue weighted by Gasteiger charge is -2.08. The van der Waals surface area contributed by atoms with Gasteiger partial charge >= 0.3 is 17.3 Å². The minimum atomic E-state index is -0.510. The first-order valence-electron chi connectivity index (χ1n) is 8.96. The molecule has 0 fully saturated rings. The van der Waals surface area contributed by atoms with Gasteiger partial charge in [0, 0.05) is 35.1 Å². The summed E-state index contributed by atoms with van der Waals surface area (Å²) in [5, 5.41) is 0.700. The normalized spacial score (nSPS) is 11.2. The molecule has 0 aliphatic heterocycles. The van der Waals surface area contributed by atoms with E-state index in [4.69, 9.17) is 9.15 Å². The molecule has 4 aromatic rings. The van der Waals surface area contributed by atoms with Crippen LogP contribution in [0.1, 0.15) is 12.0 Å². The van der Waals surface area contributed by atoms with Crippen molar-refractivity contribution in [3.8, 4) is 0 Å². The molecule has 0 aliphatic rings. The average molecular weight is 457 g/mol. The Morgan fingerprint density at radius 3 is 2.66 bits per heavy atom. The molecule has 8 heteroatoms. The van der Waals surface area contributed by atoms with Crippen molar-refractivity contribution in [2.24, 2.45) is 7.05 Å². The van der Waals surface area contributed by atoms with E-state index in [1.165, 1.54) is 6.07 Å². The highest BCUT2D eigenvalue weighted by Crippen LogP contribution is 2.22. The minimum absolute atomic E-state index is 0.0405. The van der Waals surface area contributed by atoms with Crippen LogP contribution in [-0.2, 0) is 29.7 Å². The van der Waals surface area contributed by atoms with Crippen molar-refractivity contribution < 1.29 is 13.9 Å². The van der Waals surface area contributed by atoms with Gasteiger partial charge in [-0.05, 0) is 30.3 Å². The molecule has 0 radical (unpaired) electrons. The maximum absolute atomic E-state index is 12.4. The molecule has 0 aliphatic carbocycles. The Kier molecular flexibility index (Phi) is 5.10. The van der Waals surface area contributed by atoms with Gasteiger partial charge in [0.15, 0.2) is 0 Å². The van der Waals surface area contributed by atoms with Crippen LogP contribution in [0.15, 0.2) is 67.0 Å². The van der Waals surface area contributed by atoms with Crippen LogP contribution >= 0.6 is 15.9 Å². The number of aryl methyl sites for hydroxylation is 2. The molecular weight excluding hydrogens is 440 g/mol. The number of esters is 1. The Hall–Kier alpha value is -3.13. The average Bonchev–Trinajstić information content (AvgIpc) is 2.94. The number of aromatic nitrogens is 2. The van der Waals surface area contributed by atoms with Crippen LogP contribution in [0.25, 0.3) is 22.0 Å². The third kappa shape index (κ3) is 3.75. The fourth-order valence-corrected chi connectivity index (χ4v) is 3.68. The predicted molar refractivity (Wildman–Crippen MR) is 112 cm³/mol. The largest absolute Gasteiger partial charge is 0.461 e. The lowest BCUT2D eigenvalue weighted by atomic mass is 10.1. The first-order chi connectivity index (χ1) is 13.9. The topological polar surface area (TPSA) is 83.4 Å². The van der Waals surface area contributed by atoms with Crippen LogP contribution in [0.4, 0.5) is 0 Å². The van der Waals surface area contributed by atoms with E-state index in [2.05, 4.69) is 15.9 Å². The number of para-hydroxylation sites is 2. The molecule has 0 saturated carbocycles. The summed E-state index contributed by atoms with van der Waals surface area (Å²) in [5.74, 6) is -0.455. The number of carbonyl (C=O) groups is 1. The number of carbonyl (C=O) groups excluding carboxylic acids is 1. The van der Waals surface area contributed by atoms with E-state index >= 15 is 0 Å². The van der Waals surface area contributed by atoms with Crippen molar-refractivity contribution in [2.45, 2.75) is 19.6 Å². The molecule has 4 rings (SSSR count). The number of hydrogen-bond acceptors (Lipinski definition) is 5. The monoisotopic (exact) mass is 456 g/mol. The summed E-state index contributed by atoms with van der Waals surface area (Å²) in [5.41, 5.74) is 1.87. The molecule has 148 valence electrons. The highest BCUT2D eigenvalue weighted by atomic mass is 79.9. The van der Waals surface area contributed by atoms with E-state index in [1.54, 1.807) is 28.3 Å². The van der Waals surface area contributed by atoms with Crippen LogP contribution in [0.2, 0.25) is 0 Å². The first kappa shape index (κ1) is 19.2. The van der Waals surface area contributed by atoms with E-state index < -0.39 is 11.6 Å². The smallest absolute Gasteiger partial charge is 0.336 e. The number of hydrogen-bond donors (Lipinski definition) is 0. The van der Waals surface area contributed by atoms with Crippen LogP contribution in [0, 0.1) is 0 Å². The van der Waals surface area contributed by atoms with E-state index in [1.807, 2.05) is 30.3 Å². The molecule has 7 nitrogen and oxygen atoms in total. The summed E-state index contributed by atoms with van der Waals surface area (Å²) in [4.78, 5) is 36.5. The Bertz CT molecular complexity index is 1350. The lowest BCUT2D eigenvalue weighted by Crippen LogP contribution is -2.23. The number of fused-ring (bicyclic) bond motifs is 2. The van der Waals surface area contributed by atoms with Crippen LogP contribution in [0.3, 0.4) is 0 Å². The van der Waals surface area contributed by atoms with Gasteiger partial charge in [0.1, 0.15) is 12.2 Å². The summed E-state index contributed by atoms with van der Waals surface area (Å²) >= 11 is 3.33. The number of nitrogens with zero attached hydrogens (tertiary/aromatic N) is 2. The summed E-state index contributed by atoms with van der Waals surface area (Å²) in [7, 11) is 1.70. The molecule has 0 saturated heterocycles. The van der Waals surface area contributed by atoms with Crippen LogP contribution in [-0.4, -0.2) is 15.1 Å². The molecule has 2 aromatic heterocycles. The standard InChI is InChI=1S/C21H17BrN2O5/c1-23-16-4-2-3-5-17(16)24(21(23)27)9-8-19(25)28-12-13-10-20(26)29-18-11-14(22)6-7-15(13)18/h2-7,10-11H,8-9,12H2,1H3. The lowest BCUT2D eigenvalue weighted by molar-refractivity contribution is -0.145. The fraction of sp³-hybridized carbons (Fsp3) is 0.190. The van der Waals surface area contributed by atoms with Gasteiger partial charge in [0.05, 0.1) is 17.5 Å². The van der Waals surface area contributed by atoms with Crippen molar-refractivity contribution in [1.82, 2.24) is 9.13 Å². The molecule has 2 aromatic carbocycles. The molecule has 0 N–H and O–H groups in total. The number of ether oxygens (including phenoxy) is 1. The first-order valence-corrected chi connectivity index (χ1v) is 9.75. The van der Waals surface area contributed by atoms with Gasteiger partial charge in [0.2, 0.25) is 0 Å². The fourth-order valence-electron chi connectivity index (χ4n) is 3.34. The van der Waals surface area contributed by atoms with Crippen LogP contribution in [0.5, 0.6) is 0 Å². The molecule has 2 heterocycles. The van der Waals surface area contributed by atoms with Gasteiger partial charge in [-0.15, -0.1) is 0 Å². The maximum atomic E-state index is 12.4. The van der Waals surface area contributed by atoms with Crippen molar-refractivity contribution in [1.29, 1.82) is 0 Å². The SMILES string of the molecule is Cn1c(=O)n(CCC(=O)OCc2cc(=O)oc3cc(Br)ccc23)c2ccccc21. The maximum Gasteiger partial charge on any atom is 0.336 e. The zero-order valence-corrected chi connectivity index (χ0v) is 17.1. The highest BCUT2D eigenvalue weighted by molar-refractivity contribution is 9.10. The zero-order valence-electron chi connectivity index (χ0n) is 15.6. The van der Waals surface area contributed by atoms with Crippen LogP contribution < -0.4 is 11.3 Å². The van der Waals surface area contributed by atoms with E-state index in [-0.39, 0.29) is 25.3 Å². The van der Waals surface area contributed by atoms with Gasteiger partial charge in [-0.3, -0.25) is 13.9 Å². The second kappa shape index (κ2) is 7.71.